The molecule has 0 aliphatic rings. The number of aromatic nitrogens is 4. The number of hydrogen-bond donors (Lipinski definition) is 0. The van der Waals surface area contributed by atoms with Gasteiger partial charge in [-0.05, 0) is 36.4 Å². The van der Waals surface area contributed by atoms with Gasteiger partial charge in [-0.15, -0.1) is 0 Å². The van der Waals surface area contributed by atoms with Gasteiger partial charge < -0.3 is 14.2 Å². The zero-order valence-corrected chi connectivity index (χ0v) is 22.1. The van der Waals surface area contributed by atoms with Crippen molar-refractivity contribution < 1.29 is 14.2 Å². The highest BCUT2D eigenvalue weighted by atomic mass is 35.5. The quantitative estimate of drug-likeness (QED) is 0.238. The van der Waals surface area contributed by atoms with Crippen LogP contribution in [0.1, 0.15) is 26.5 Å². The van der Waals surface area contributed by atoms with E-state index in [9.17, 15) is 0 Å². The van der Waals surface area contributed by atoms with Crippen LogP contribution in [0.5, 0.6) is 23.1 Å². The van der Waals surface area contributed by atoms with Crippen molar-refractivity contribution in [1.82, 2.24) is 19.7 Å². The molecule has 0 radical (unpaired) electrons. The third kappa shape index (κ3) is 4.82. The first-order valence-corrected chi connectivity index (χ1v) is 12.2. The first-order chi connectivity index (χ1) is 17.8. The van der Waals surface area contributed by atoms with Crippen LogP contribution in [0.2, 0.25) is 5.02 Å². The average molecular weight is 515 g/mol. The van der Waals surface area contributed by atoms with Crippen molar-refractivity contribution >= 4 is 22.5 Å². The largest absolute Gasteiger partial charge is 0.493 e. The molecule has 2 aromatic heterocycles. The summed E-state index contributed by atoms with van der Waals surface area (Å²) in [5.74, 6) is 2.19. The third-order valence-electron chi connectivity index (χ3n) is 6.01. The van der Waals surface area contributed by atoms with Gasteiger partial charge in [0.1, 0.15) is 12.1 Å². The van der Waals surface area contributed by atoms with Crippen molar-refractivity contribution in [2.75, 3.05) is 14.2 Å². The van der Waals surface area contributed by atoms with Crippen molar-refractivity contribution in [2.24, 2.45) is 0 Å². The smallest absolute Gasteiger partial charge is 0.230 e. The number of nitrogens with zero attached hydrogens (tertiary/aromatic N) is 4. The molecule has 2 heterocycles. The van der Waals surface area contributed by atoms with Crippen molar-refractivity contribution in [1.29, 1.82) is 0 Å². The Morgan fingerprint density at radius 1 is 0.838 bits per heavy atom. The Morgan fingerprint density at radius 3 is 2.32 bits per heavy atom. The summed E-state index contributed by atoms with van der Waals surface area (Å²) in [5, 5.41) is 6.26. The average Bonchev–Trinajstić information content (AvgIpc) is 3.35. The third-order valence-corrected chi connectivity index (χ3v) is 6.33. The summed E-state index contributed by atoms with van der Waals surface area (Å²) in [6.45, 7) is 6.41. The van der Waals surface area contributed by atoms with E-state index < -0.39 is 0 Å². The SMILES string of the molecule is COc1cc2ncnc(Oc3cccc(-c4cc(C(C)(C)C)nn4-c4ccccc4Cl)c3)c2cc1OC. The Labute approximate surface area is 220 Å². The number of halogens is 1. The van der Waals surface area contributed by atoms with Crippen molar-refractivity contribution in [3.63, 3.8) is 0 Å². The molecule has 0 amide bonds. The highest BCUT2D eigenvalue weighted by molar-refractivity contribution is 6.32. The van der Waals surface area contributed by atoms with Crippen LogP contribution in [0.3, 0.4) is 0 Å². The molecule has 0 spiro atoms. The lowest BCUT2D eigenvalue weighted by molar-refractivity contribution is 0.355. The molecule has 7 nitrogen and oxygen atoms in total. The molecular formula is C29H27ClN4O3. The molecular weight excluding hydrogens is 488 g/mol. The molecule has 0 bridgehead atoms. The topological polar surface area (TPSA) is 71.3 Å². The van der Waals surface area contributed by atoms with Gasteiger partial charge in [-0.25, -0.2) is 14.6 Å². The minimum absolute atomic E-state index is 0.143. The maximum atomic E-state index is 6.56. The van der Waals surface area contributed by atoms with Gasteiger partial charge in [0.2, 0.25) is 5.88 Å². The summed E-state index contributed by atoms with van der Waals surface area (Å²) in [4.78, 5) is 8.74. The zero-order valence-electron chi connectivity index (χ0n) is 21.3. The first-order valence-electron chi connectivity index (χ1n) is 11.8. The molecule has 0 saturated carbocycles. The molecule has 0 N–H and O–H groups in total. The molecule has 8 heteroatoms. The fourth-order valence-corrected chi connectivity index (χ4v) is 4.25. The Hall–Kier alpha value is -4.10. The van der Waals surface area contributed by atoms with Gasteiger partial charge in [0, 0.05) is 17.0 Å². The standard InChI is InChI=1S/C29H27ClN4O3/c1-29(2,3)27-16-24(34(33-27)23-12-7-6-11-21(23)30)18-9-8-10-19(13-18)37-28-20-14-25(35-4)26(36-5)15-22(20)31-17-32-28/h6-17H,1-5H3. The van der Waals surface area contributed by atoms with E-state index >= 15 is 0 Å². The normalized spacial score (nSPS) is 11.5. The second kappa shape index (κ2) is 9.75. The number of rotatable bonds is 6. The van der Waals surface area contributed by atoms with Crippen LogP contribution >= 0.6 is 11.6 Å². The van der Waals surface area contributed by atoms with Crippen LogP contribution < -0.4 is 14.2 Å². The minimum Gasteiger partial charge on any atom is -0.493 e. The van der Waals surface area contributed by atoms with Gasteiger partial charge >= 0.3 is 0 Å². The molecule has 5 aromatic rings. The van der Waals surface area contributed by atoms with Gasteiger partial charge in [-0.1, -0.05) is 56.6 Å². The number of fused-ring (bicyclic) bond motifs is 1. The monoisotopic (exact) mass is 514 g/mol. The van der Waals surface area contributed by atoms with E-state index in [1.165, 1.54) is 6.33 Å². The summed E-state index contributed by atoms with van der Waals surface area (Å²) in [7, 11) is 3.18. The zero-order chi connectivity index (χ0) is 26.2. The summed E-state index contributed by atoms with van der Waals surface area (Å²) in [6, 6.07) is 21.2. The predicted molar refractivity (Wildman–Crippen MR) is 145 cm³/mol. The highest BCUT2D eigenvalue weighted by Gasteiger charge is 2.22. The Bertz CT molecular complexity index is 1590. The van der Waals surface area contributed by atoms with E-state index in [2.05, 4.69) is 36.8 Å². The Morgan fingerprint density at radius 2 is 1.59 bits per heavy atom. The van der Waals surface area contributed by atoms with Crippen molar-refractivity contribution in [2.45, 2.75) is 26.2 Å². The molecule has 3 aromatic carbocycles. The van der Waals surface area contributed by atoms with Gasteiger partial charge in [-0.3, -0.25) is 0 Å². The lowest BCUT2D eigenvalue weighted by Crippen LogP contribution is -2.12. The molecule has 0 aliphatic carbocycles. The minimum atomic E-state index is -0.143. The second-order valence-corrected chi connectivity index (χ2v) is 9.97. The lowest BCUT2D eigenvalue weighted by Gasteiger charge is -2.14. The van der Waals surface area contributed by atoms with Crippen LogP contribution in [0.4, 0.5) is 0 Å². The summed E-state index contributed by atoms with van der Waals surface area (Å²) in [5.41, 5.74) is 4.14. The van der Waals surface area contributed by atoms with Crippen LogP contribution in [0.15, 0.2) is 73.1 Å². The van der Waals surface area contributed by atoms with Crippen LogP contribution in [-0.2, 0) is 5.41 Å². The van der Waals surface area contributed by atoms with Gasteiger partial charge in [0.25, 0.3) is 0 Å². The number of hydrogen-bond acceptors (Lipinski definition) is 6. The van der Waals surface area contributed by atoms with Gasteiger partial charge in [0.05, 0.1) is 47.2 Å². The molecule has 188 valence electrons. The Balaban J connectivity index is 1.59. The van der Waals surface area contributed by atoms with Crippen molar-refractivity contribution in [3.05, 3.63) is 83.8 Å². The molecule has 0 atom stereocenters. The van der Waals surface area contributed by atoms with Crippen LogP contribution in [-0.4, -0.2) is 34.0 Å². The first kappa shape index (κ1) is 24.6. The fourth-order valence-electron chi connectivity index (χ4n) is 4.03. The van der Waals surface area contributed by atoms with Gasteiger partial charge in [0.15, 0.2) is 11.5 Å². The molecule has 0 unspecified atom stereocenters. The fraction of sp³-hybridized carbons (Fsp3) is 0.207. The molecule has 0 aliphatic heterocycles. The van der Waals surface area contributed by atoms with E-state index in [1.54, 1.807) is 20.3 Å². The molecule has 0 saturated heterocycles. The van der Waals surface area contributed by atoms with E-state index in [4.69, 9.17) is 30.9 Å². The number of ether oxygens (including phenoxy) is 3. The molecule has 37 heavy (non-hydrogen) atoms. The lowest BCUT2D eigenvalue weighted by atomic mass is 9.92. The van der Waals surface area contributed by atoms with E-state index in [-0.39, 0.29) is 5.41 Å². The predicted octanol–water partition coefficient (Wildman–Crippen LogP) is 7.24. The molecule has 0 fully saturated rings. The maximum Gasteiger partial charge on any atom is 0.230 e. The van der Waals surface area contributed by atoms with Crippen molar-refractivity contribution in [3.8, 4) is 40.1 Å². The maximum absolute atomic E-state index is 6.56. The Kier molecular flexibility index (Phi) is 6.48. The summed E-state index contributed by atoms with van der Waals surface area (Å²) >= 11 is 6.56. The van der Waals surface area contributed by atoms with E-state index in [1.807, 2.05) is 59.3 Å². The number of benzene rings is 3. The molecule has 5 rings (SSSR count). The van der Waals surface area contributed by atoms with Gasteiger partial charge in [-0.2, -0.15) is 5.10 Å². The second-order valence-electron chi connectivity index (χ2n) is 9.56. The van der Waals surface area contributed by atoms with Crippen LogP contribution in [0, 0.1) is 0 Å². The summed E-state index contributed by atoms with van der Waals surface area (Å²) < 4.78 is 19.0. The van der Waals surface area contributed by atoms with Crippen LogP contribution in [0.25, 0.3) is 27.8 Å². The summed E-state index contributed by atoms with van der Waals surface area (Å²) in [6.07, 6.45) is 1.47. The number of methoxy groups -OCH3 is 2. The van der Waals surface area contributed by atoms with E-state index in [0.29, 0.717) is 39.1 Å². The highest BCUT2D eigenvalue weighted by Crippen LogP contribution is 2.37. The van der Waals surface area contributed by atoms with E-state index in [0.717, 1.165) is 22.6 Å². The number of para-hydroxylation sites is 1.